The molecule has 0 amide bonds. The van der Waals surface area contributed by atoms with Crippen LogP contribution < -0.4 is 0 Å². The topological polar surface area (TPSA) is 40.5 Å². The molecule has 0 saturated carbocycles. The zero-order valence-corrected chi connectivity index (χ0v) is 20.8. The van der Waals surface area contributed by atoms with Crippen molar-refractivity contribution in [2.45, 2.75) is 90.2 Å². The third-order valence-corrected chi connectivity index (χ3v) is 5.14. The Labute approximate surface area is 185 Å². The first-order chi connectivity index (χ1) is 11.1. The van der Waals surface area contributed by atoms with Gasteiger partial charge in [-0.2, -0.15) is 0 Å². The van der Waals surface area contributed by atoms with Gasteiger partial charge in [0.05, 0.1) is 12.1 Å². The van der Waals surface area contributed by atoms with Gasteiger partial charge in [-0.05, 0) is 45.7 Å². The summed E-state index contributed by atoms with van der Waals surface area (Å²) in [5.74, 6) is 0.338. The minimum absolute atomic E-state index is 0. The van der Waals surface area contributed by atoms with Crippen LogP contribution >= 0.6 is 0 Å². The number of hydrogen-bond donors (Lipinski definition) is 1. The Hall–Kier alpha value is 0.772. The van der Waals surface area contributed by atoms with E-state index in [-0.39, 0.29) is 61.8 Å². The van der Waals surface area contributed by atoms with Crippen LogP contribution in [0.2, 0.25) is 0 Å². The third kappa shape index (κ3) is 9.46. The molecule has 1 aliphatic rings. The second kappa shape index (κ2) is 14.9. The summed E-state index contributed by atoms with van der Waals surface area (Å²) in [5, 5.41) is 10.8. The van der Waals surface area contributed by atoms with Crippen molar-refractivity contribution in [3.8, 4) is 0 Å². The summed E-state index contributed by atoms with van der Waals surface area (Å²) >= 11 is 0. The molecule has 0 spiro atoms. The molecule has 1 rings (SSSR count). The van der Waals surface area contributed by atoms with Crippen LogP contribution in [0, 0.1) is 50.0 Å². The van der Waals surface area contributed by atoms with Crippen molar-refractivity contribution < 1.29 is 54.0 Å². The van der Waals surface area contributed by atoms with Gasteiger partial charge in [0, 0.05) is 50.5 Å². The number of carbonyl (C=O) groups is 1. The fourth-order valence-corrected chi connectivity index (χ4v) is 3.51. The molecule has 137 valence electrons. The van der Waals surface area contributed by atoms with Crippen LogP contribution in [0.4, 0.5) is 0 Å². The largest absolute Gasteiger partial charge is 0.391 e. The average Bonchev–Trinajstić information content (AvgIpc) is 2.55. The quantitative estimate of drug-likeness (QED) is 0.530. The minimum Gasteiger partial charge on any atom is -0.391 e. The number of nitrogens with zero attached hydrogens (tertiary/aromatic N) is 1. The molecule has 1 radical (unpaired) electrons. The number of hydrogen-bond acceptors (Lipinski definition) is 3. The molecule has 1 saturated heterocycles. The van der Waals surface area contributed by atoms with E-state index >= 15 is 0 Å². The van der Waals surface area contributed by atoms with Gasteiger partial charge in [0.1, 0.15) is 0 Å². The van der Waals surface area contributed by atoms with E-state index < -0.39 is 6.10 Å². The predicted molar refractivity (Wildman–Crippen MR) is 97.6 cm³/mol. The summed E-state index contributed by atoms with van der Waals surface area (Å²) in [6, 6.07) is -0.337. The van der Waals surface area contributed by atoms with E-state index in [9.17, 15) is 9.90 Å². The SMILES string of the molecule is C/C=C\C[C@@H](C)C(O)[C@H]1C(=O)CCCCCCCCCCN1C.[Ac]. The Morgan fingerprint density at radius 2 is 1.67 bits per heavy atom. The van der Waals surface area contributed by atoms with Gasteiger partial charge in [0.2, 0.25) is 0 Å². The van der Waals surface area contributed by atoms with Crippen molar-refractivity contribution in [3.63, 3.8) is 0 Å². The molecule has 1 N–H and O–H groups in total. The first-order valence-corrected chi connectivity index (χ1v) is 9.60. The first-order valence-electron chi connectivity index (χ1n) is 9.60. The Bertz CT molecular complexity index is 360. The molecule has 0 aromatic carbocycles. The van der Waals surface area contributed by atoms with E-state index in [1.807, 2.05) is 27.0 Å². The van der Waals surface area contributed by atoms with Gasteiger partial charge in [0.15, 0.2) is 5.78 Å². The normalized spacial score (nSPS) is 25.2. The molecule has 3 atom stereocenters. The Balaban J connectivity index is 0.00000529. The van der Waals surface area contributed by atoms with Crippen LogP contribution in [-0.4, -0.2) is 41.5 Å². The van der Waals surface area contributed by atoms with Crippen molar-refractivity contribution in [3.05, 3.63) is 12.2 Å². The molecule has 1 unspecified atom stereocenters. The number of ketones is 1. The van der Waals surface area contributed by atoms with Crippen LogP contribution in [0.25, 0.3) is 0 Å². The zero-order chi connectivity index (χ0) is 17.1. The number of aliphatic hydroxyl groups excluding tert-OH is 1. The van der Waals surface area contributed by atoms with E-state index in [1.165, 1.54) is 32.1 Å². The molecule has 4 heteroatoms. The number of rotatable bonds is 4. The van der Waals surface area contributed by atoms with E-state index in [0.717, 1.165) is 32.2 Å². The molecule has 3 nitrogen and oxygen atoms in total. The molecule has 1 aliphatic heterocycles. The third-order valence-electron chi connectivity index (χ3n) is 5.14. The molecule has 1 fully saturated rings. The molecule has 0 aromatic heterocycles. The van der Waals surface area contributed by atoms with Gasteiger partial charge < -0.3 is 5.11 Å². The van der Waals surface area contributed by atoms with Gasteiger partial charge in [-0.15, -0.1) is 0 Å². The van der Waals surface area contributed by atoms with Gasteiger partial charge in [-0.3, -0.25) is 9.69 Å². The molecular weight excluding hydrogens is 513 g/mol. The van der Waals surface area contributed by atoms with Crippen molar-refractivity contribution in [2.24, 2.45) is 5.92 Å². The summed E-state index contributed by atoms with van der Waals surface area (Å²) < 4.78 is 0. The summed E-state index contributed by atoms with van der Waals surface area (Å²) in [6.07, 6.45) is 14.6. The Morgan fingerprint density at radius 1 is 1.12 bits per heavy atom. The van der Waals surface area contributed by atoms with Crippen LogP contribution in [0.15, 0.2) is 12.2 Å². The number of allylic oxidation sites excluding steroid dienone is 2. The number of likely N-dealkylation sites (N-methyl/N-ethyl adjacent to an activating group) is 1. The molecule has 1 heterocycles. The van der Waals surface area contributed by atoms with E-state index in [1.54, 1.807) is 0 Å². The standard InChI is InChI=1S/C20H37NO2.Ac/c1-4-5-14-17(2)20(23)19-18(22)15-12-10-8-6-7-9-11-13-16-21(19)3;/h4-5,17,19-20,23H,6-16H2,1-3H3;/b5-4-;/t17-,19-,20?;/m1./s1. The van der Waals surface area contributed by atoms with Gasteiger partial charge in [-0.25, -0.2) is 0 Å². The van der Waals surface area contributed by atoms with Crippen LogP contribution in [0.1, 0.15) is 78.1 Å². The van der Waals surface area contributed by atoms with E-state index in [4.69, 9.17) is 0 Å². The Kier molecular flexibility index (Phi) is 15.4. The summed E-state index contributed by atoms with van der Waals surface area (Å²) in [4.78, 5) is 14.8. The minimum atomic E-state index is -0.575. The summed E-state index contributed by atoms with van der Waals surface area (Å²) in [6.45, 7) is 4.95. The van der Waals surface area contributed by atoms with Crippen LogP contribution in [0.3, 0.4) is 0 Å². The van der Waals surface area contributed by atoms with Gasteiger partial charge >= 0.3 is 0 Å². The maximum absolute atomic E-state index is 12.7. The monoisotopic (exact) mass is 550 g/mol. The average molecular weight is 551 g/mol. The first kappa shape index (κ1) is 24.8. The van der Waals surface area contributed by atoms with Crippen molar-refractivity contribution in [1.82, 2.24) is 4.90 Å². The summed E-state index contributed by atoms with van der Waals surface area (Å²) in [5.41, 5.74) is 0. The second-order valence-electron chi connectivity index (χ2n) is 7.24. The van der Waals surface area contributed by atoms with Gasteiger partial charge in [0.25, 0.3) is 0 Å². The number of aliphatic hydroxyl groups is 1. The van der Waals surface area contributed by atoms with Gasteiger partial charge in [-0.1, -0.05) is 57.6 Å². The fourth-order valence-electron chi connectivity index (χ4n) is 3.51. The predicted octanol–water partition coefficient (Wildman–Crippen LogP) is 4.34. The second-order valence-corrected chi connectivity index (χ2v) is 7.24. The number of Topliss-reactive ketones (excluding diaryl/α,β-unsaturated/α-hetero) is 1. The van der Waals surface area contributed by atoms with Crippen molar-refractivity contribution in [2.75, 3.05) is 13.6 Å². The van der Waals surface area contributed by atoms with Crippen molar-refractivity contribution >= 4 is 5.78 Å². The Morgan fingerprint density at radius 3 is 2.25 bits per heavy atom. The zero-order valence-electron chi connectivity index (χ0n) is 16.0. The van der Waals surface area contributed by atoms with Crippen LogP contribution in [0.5, 0.6) is 0 Å². The smallest absolute Gasteiger partial charge is 0.152 e. The maximum atomic E-state index is 12.7. The van der Waals surface area contributed by atoms with Crippen LogP contribution in [-0.2, 0) is 4.79 Å². The van der Waals surface area contributed by atoms with E-state index in [0.29, 0.717) is 6.42 Å². The molecule has 0 aromatic rings. The summed E-state index contributed by atoms with van der Waals surface area (Å²) in [7, 11) is 2.01. The molecule has 0 bridgehead atoms. The fraction of sp³-hybridized carbons (Fsp3) is 0.850. The molecule has 24 heavy (non-hydrogen) atoms. The molecule has 0 aliphatic carbocycles. The maximum Gasteiger partial charge on any atom is 0.152 e. The molecular formula is C20H37AcNO2. The number of carbonyl (C=O) groups excluding carboxylic acids is 1. The van der Waals surface area contributed by atoms with E-state index in [2.05, 4.69) is 11.0 Å². The van der Waals surface area contributed by atoms with Crippen molar-refractivity contribution in [1.29, 1.82) is 0 Å².